The van der Waals surface area contributed by atoms with Crippen LogP contribution in [-0.2, 0) is 10.0 Å². The van der Waals surface area contributed by atoms with Crippen molar-refractivity contribution in [2.45, 2.75) is 25.2 Å². The Labute approximate surface area is 113 Å². The summed E-state index contributed by atoms with van der Waals surface area (Å²) in [6.07, 6.45) is 0.820. The molecule has 6 heteroatoms. The van der Waals surface area contributed by atoms with E-state index in [2.05, 4.69) is 13.8 Å². The molecule has 0 aromatic heterocycles. The van der Waals surface area contributed by atoms with Gasteiger partial charge in [0.15, 0.2) is 0 Å². The van der Waals surface area contributed by atoms with E-state index in [1.807, 2.05) is 0 Å². The summed E-state index contributed by atoms with van der Waals surface area (Å²) >= 11 is 0. The molecule has 19 heavy (non-hydrogen) atoms. The minimum absolute atomic E-state index is 0.250. The summed E-state index contributed by atoms with van der Waals surface area (Å²) in [6, 6.07) is 3.64. The Morgan fingerprint density at radius 3 is 2.68 bits per heavy atom. The molecule has 1 fully saturated rings. The second-order valence-corrected chi connectivity index (χ2v) is 7.25. The number of nitrogens with zero attached hydrogens (tertiary/aromatic N) is 1. The van der Waals surface area contributed by atoms with Crippen molar-refractivity contribution in [1.82, 2.24) is 4.31 Å². The lowest BCUT2D eigenvalue weighted by molar-refractivity contribution is 0.387. The third kappa shape index (κ3) is 2.74. The van der Waals surface area contributed by atoms with Crippen LogP contribution in [0.1, 0.15) is 20.3 Å². The normalized spacial score (nSPS) is 21.2. The minimum atomic E-state index is -3.78. The van der Waals surface area contributed by atoms with E-state index < -0.39 is 15.8 Å². The van der Waals surface area contributed by atoms with Crippen molar-refractivity contribution in [3.8, 4) is 0 Å². The molecule has 1 aliphatic heterocycles. The van der Waals surface area contributed by atoms with Gasteiger partial charge in [-0.15, -0.1) is 0 Å². The molecule has 2 N–H and O–H groups in total. The Hall–Kier alpha value is -1.14. The van der Waals surface area contributed by atoms with Crippen LogP contribution in [0.4, 0.5) is 10.1 Å². The zero-order valence-corrected chi connectivity index (χ0v) is 12.0. The lowest BCUT2D eigenvalue weighted by Crippen LogP contribution is -2.30. The third-order valence-electron chi connectivity index (χ3n) is 3.70. The van der Waals surface area contributed by atoms with E-state index in [4.69, 9.17) is 5.73 Å². The average molecular weight is 286 g/mol. The van der Waals surface area contributed by atoms with Gasteiger partial charge in [0.2, 0.25) is 10.0 Å². The van der Waals surface area contributed by atoms with Gasteiger partial charge in [-0.2, -0.15) is 4.31 Å². The highest BCUT2D eigenvalue weighted by Crippen LogP contribution is 2.30. The largest absolute Gasteiger partial charge is 0.399 e. The van der Waals surface area contributed by atoms with Crippen molar-refractivity contribution >= 4 is 15.7 Å². The van der Waals surface area contributed by atoms with Crippen molar-refractivity contribution in [2.75, 3.05) is 18.8 Å². The van der Waals surface area contributed by atoms with Gasteiger partial charge in [0, 0.05) is 18.8 Å². The fourth-order valence-corrected chi connectivity index (χ4v) is 3.98. The first-order chi connectivity index (χ1) is 8.82. The van der Waals surface area contributed by atoms with Gasteiger partial charge in [0.1, 0.15) is 10.7 Å². The molecule has 4 nitrogen and oxygen atoms in total. The molecule has 1 saturated heterocycles. The molecule has 1 atom stereocenters. The van der Waals surface area contributed by atoms with Gasteiger partial charge in [0.25, 0.3) is 0 Å². The monoisotopic (exact) mass is 286 g/mol. The summed E-state index contributed by atoms with van der Waals surface area (Å²) < 4.78 is 39.9. The molecular weight excluding hydrogens is 267 g/mol. The standard InChI is InChI=1S/C13H19FN2O2S/c1-9(2)10-5-6-16(8-10)19(17,18)13-7-11(15)3-4-12(13)14/h3-4,7,9-10H,5-6,8,15H2,1-2H3. The summed E-state index contributed by atoms with van der Waals surface area (Å²) in [5.41, 5.74) is 5.80. The summed E-state index contributed by atoms with van der Waals surface area (Å²) in [6.45, 7) is 5.04. The van der Waals surface area contributed by atoms with E-state index in [1.54, 1.807) is 0 Å². The SMILES string of the molecule is CC(C)C1CCN(S(=O)(=O)c2cc(N)ccc2F)C1. The quantitative estimate of drug-likeness (QED) is 0.865. The van der Waals surface area contributed by atoms with Crippen LogP contribution < -0.4 is 5.73 Å². The van der Waals surface area contributed by atoms with E-state index >= 15 is 0 Å². The fraction of sp³-hybridized carbons (Fsp3) is 0.538. The number of hydrogen-bond acceptors (Lipinski definition) is 3. The summed E-state index contributed by atoms with van der Waals surface area (Å²) in [5, 5.41) is 0. The zero-order valence-electron chi connectivity index (χ0n) is 11.1. The highest BCUT2D eigenvalue weighted by atomic mass is 32.2. The van der Waals surface area contributed by atoms with Crippen LogP contribution in [0.25, 0.3) is 0 Å². The van der Waals surface area contributed by atoms with Gasteiger partial charge in [-0.1, -0.05) is 13.8 Å². The fourth-order valence-electron chi connectivity index (χ4n) is 2.37. The molecule has 1 aromatic rings. The molecule has 1 aromatic carbocycles. The zero-order chi connectivity index (χ0) is 14.2. The van der Waals surface area contributed by atoms with E-state index in [0.717, 1.165) is 12.5 Å². The topological polar surface area (TPSA) is 63.4 Å². The maximum atomic E-state index is 13.7. The number of anilines is 1. The highest BCUT2D eigenvalue weighted by Gasteiger charge is 2.35. The second kappa shape index (κ2) is 5.09. The summed E-state index contributed by atoms with van der Waals surface area (Å²) in [7, 11) is -3.78. The number of halogens is 1. The molecule has 0 bridgehead atoms. The first kappa shape index (κ1) is 14.3. The molecule has 0 radical (unpaired) electrons. The van der Waals surface area contributed by atoms with Crippen LogP contribution in [0.3, 0.4) is 0 Å². The van der Waals surface area contributed by atoms with Gasteiger partial charge >= 0.3 is 0 Å². The maximum absolute atomic E-state index is 13.7. The average Bonchev–Trinajstić information content (AvgIpc) is 2.82. The van der Waals surface area contributed by atoms with Gasteiger partial charge in [0.05, 0.1) is 0 Å². The Balaban J connectivity index is 2.31. The Kier molecular flexibility index (Phi) is 3.82. The number of sulfonamides is 1. The van der Waals surface area contributed by atoms with Crippen LogP contribution in [0.2, 0.25) is 0 Å². The first-order valence-electron chi connectivity index (χ1n) is 6.37. The number of rotatable bonds is 3. The molecular formula is C13H19FN2O2S. The first-order valence-corrected chi connectivity index (χ1v) is 7.81. The Morgan fingerprint density at radius 1 is 1.42 bits per heavy atom. The van der Waals surface area contributed by atoms with Crippen molar-refractivity contribution in [3.05, 3.63) is 24.0 Å². The smallest absolute Gasteiger partial charge is 0.246 e. The van der Waals surface area contributed by atoms with E-state index in [9.17, 15) is 12.8 Å². The molecule has 2 rings (SSSR count). The van der Waals surface area contributed by atoms with Crippen molar-refractivity contribution < 1.29 is 12.8 Å². The van der Waals surface area contributed by atoms with Gasteiger partial charge < -0.3 is 5.73 Å². The minimum Gasteiger partial charge on any atom is -0.399 e. The predicted octanol–water partition coefficient (Wildman–Crippen LogP) is 2.07. The van der Waals surface area contributed by atoms with Crippen molar-refractivity contribution in [3.63, 3.8) is 0 Å². The Morgan fingerprint density at radius 2 is 2.11 bits per heavy atom. The van der Waals surface area contributed by atoms with Crippen molar-refractivity contribution in [2.24, 2.45) is 11.8 Å². The molecule has 1 unspecified atom stereocenters. The number of hydrogen-bond donors (Lipinski definition) is 1. The third-order valence-corrected chi connectivity index (χ3v) is 5.58. The van der Waals surface area contributed by atoms with Crippen LogP contribution in [0, 0.1) is 17.7 Å². The van der Waals surface area contributed by atoms with Gasteiger partial charge in [-0.3, -0.25) is 0 Å². The molecule has 106 valence electrons. The molecule has 0 spiro atoms. The molecule has 0 aliphatic carbocycles. The lowest BCUT2D eigenvalue weighted by atomic mass is 9.96. The maximum Gasteiger partial charge on any atom is 0.246 e. The highest BCUT2D eigenvalue weighted by molar-refractivity contribution is 7.89. The van der Waals surface area contributed by atoms with Crippen LogP contribution in [0.5, 0.6) is 0 Å². The van der Waals surface area contributed by atoms with Gasteiger partial charge in [-0.25, -0.2) is 12.8 Å². The van der Waals surface area contributed by atoms with Crippen LogP contribution >= 0.6 is 0 Å². The molecule has 1 aliphatic rings. The van der Waals surface area contributed by atoms with Gasteiger partial charge in [-0.05, 0) is 36.5 Å². The second-order valence-electron chi connectivity index (χ2n) is 5.35. The summed E-state index contributed by atoms with van der Waals surface area (Å²) in [5.74, 6) is 0.00646. The number of nitrogen functional groups attached to an aromatic ring is 1. The predicted molar refractivity (Wildman–Crippen MR) is 72.5 cm³/mol. The summed E-state index contributed by atoms with van der Waals surface area (Å²) in [4.78, 5) is -0.322. The number of nitrogens with two attached hydrogens (primary N) is 1. The van der Waals surface area contributed by atoms with E-state index in [-0.39, 0.29) is 10.6 Å². The van der Waals surface area contributed by atoms with E-state index in [0.29, 0.717) is 24.9 Å². The lowest BCUT2D eigenvalue weighted by Gasteiger charge is -2.18. The van der Waals surface area contributed by atoms with E-state index in [1.165, 1.54) is 16.4 Å². The Bertz CT molecular complexity index is 572. The van der Waals surface area contributed by atoms with Crippen molar-refractivity contribution in [1.29, 1.82) is 0 Å². The molecule has 0 saturated carbocycles. The molecule has 0 amide bonds. The number of benzene rings is 1. The van der Waals surface area contributed by atoms with Crippen LogP contribution in [0.15, 0.2) is 23.1 Å². The van der Waals surface area contributed by atoms with Crippen LogP contribution in [-0.4, -0.2) is 25.8 Å². The molecule has 1 heterocycles.